The Labute approximate surface area is 173 Å². The predicted octanol–water partition coefficient (Wildman–Crippen LogP) is 4.85. The minimum absolute atomic E-state index is 0.0494. The Morgan fingerprint density at radius 2 is 1.87 bits per heavy atom. The number of rotatable bonds is 4. The van der Waals surface area contributed by atoms with Crippen LogP contribution in [0.3, 0.4) is 0 Å². The number of fused-ring (bicyclic) bond motifs is 3. The zero-order chi connectivity index (χ0) is 20.7. The molecule has 0 saturated heterocycles. The lowest BCUT2D eigenvalue weighted by Gasteiger charge is -2.38. The Kier molecular flexibility index (Phi) is 4.35. The molecule has 0 spiro atoms. The maximum atomic E-state index is 11.3. The molecule has 2 atom stereocenters. The third-order valence-corrected chi connectivity index (χ3v) is 5.49. The van der Waals surface area contributed by atoms with Gasteiger partial charge in [-0.25, -0.2) is 5.01 Å². The fraction of sp³-hybridized carbons (Fsp3) is 0.174. The summed E-state index contributed by atoms with van der Waals surface area (Å²) in [6.07, 6.45) is 0.230. The largest absolute Gasteiger partial charge is 0.497 e. The van der Waals surface area contributed by atoms with Gasteiger partial charge in [-0.2, -0.15) is 5.10 Å². The van der Waals surface area contributed by atoms with Crippen LogP contribution in [-0.4, -0.2) is 22.8 Å². The number of hydrogen-bond donors (Lipinski definition) is 0. The van der Waals surface area contributed by atoms with Gasteiger partial charge in [0.1, 0.15) is 11.5 Å². The smallest absolute Gasteiger partial charge is 0.270 e. The molecule has 0 fully saturated rings. The summed E-state index contributed by atoms with van der Waals surface area (Å²) in [4.78, 5) is 10.9. The van der Waals surface area contributed by atoms with Crippen LogP contribution in [-0.2, 0) is 0 Å². The minimum atomic E-state index is -0.402. The van der Waals surface area contributed by atoms with E-state index in [0.717, 1.165) is 28.2 Å². The van der Waals surface area contributed by atoms with E-state index >= 15 is 0 Å². The summed E-state index contributed by atoms with van der Waals surface area (Å²) in [6.45, 7) is 0. The molecule has 30 heavy (non-hydrogen) atoms. The van der Waals surface area contributed by atoms with Crippen LogP contribution in [0.5, 0.6) is 11.5 Å². The first-order valence-corrected chi connectivity index (χ1v) is 9.64. The molecule has 0 amide bonds. The summed E-state index contributed by atoms with van der Waals surface area (Å²) in [5.74, 6) is 1.43. The summed E-state index contributed by atoms with van der Waals surface area (Å²) < 4.78 is 11.5. The van der Waals surface area contributed by atoms with Crippen molar-refractivity contribution in [2.45, 2.75) is 18.7 Å². The maximum absolute atomic E-state index is 11.3. The number of methoxy groups -OCH3 is 1. The number of benzene rings is 3. The third-order valence-electron chi connectivity index (χ3n) is 5.49. The molecule has 5 rings (SSSR count). The van der Waals surface area contributed by atoms with Crippen LogP contribution in [0, 0.1) is 10.1 Å². The molecule has 0 aromatic heterocycles. The molecule has 0 N–H and O–H groups in total. The molecule has 7 heteroatoms. The highest BCUT2D eigenvalue weighted by Gasteiger charge is 2.41. The molecule has 2 heterocycles. The van der Waals surface area contributed by atoms with Crippen LogP contribution >= 0.6 is 0 Å². The molecule has 0 aliphatic carbocycles. The van der Waals surface area contributed by atoms with Gasteiger partial charge in [-0.05, 0) is 35.9 Å². The van der Waals surface area contributed by atoms with Crippen LogP contribution < -0.4 is 9.47 Å². The number of nitro benzene ring substituents is 1. The summed E-state index contributed by atoms with van der Waals surface area (Å²) in [6, 6.07) is 22.3. The quantitative estimate of drug-likeness (QED) is 0.462. The minimum Gasteiger partial charge on any atom is -0.497 e. The van der Waals surface area contributed by atoms with Crippen molar-refractivity contribution in [3.05, 3.63) is 99.6 Å². The van der Waals surface area contributed by atoms with E-state index < -0.39 is 6.23 Å². The predicted molar refractivity (Wildman–Crippen MR) is 112 cm³/mol. The number of ether oxygens (including phenoxy) is 2. The van der Waals surface area contributed by atoms with Crippen LogP contribution in [0.25, 0.3) is 0 Å². The van der Waals surface area contributed by atoms with Crippen molar-refractivity contribution in [3.8, 4) is 11.5 Å². The van der Waals surface area contributed by atoms with Crippen molar-refractivity contribution >= 4 is 11.4 Å². The first kappa shape index (κ1) is 18.2. The zero-order valence-corrected chi connectivity index (χ0v) is 16.3. The lowest BCUT2D eigenvalue weighted by atomic mass is 9.95. The Hall–Kier alpha value is -3.87. The van der Waals surface area contributed by atoms with Gasteiger partial charge in [0.2, 0.25) is 6.23 Å². The highest BCUT2D eigenvalue weighted by atomic mass is 16.6. The van der Waals surface area contributed by atoms with E-state index in [0.29, 0.717) is 12.2 Å². The van der Waals surface area contributed by atoms with Crippen molar-refractivity contribution in [1.82, 2.24) is 5.01 Å². The number of non-ortho nitro benzene ring substituents is 1. The molecule has 2 unspecified atom stereocenters. The molecule has 2 aliphatic heterocycles. The SMILES string of the molecule is COc1ccc(C2=NN3C(C2)c2cc([N+](=O)[O-])ccc2OC3c2ccccc2)cc1. The molecule has 0 bridgehead atoms. The average Bonchev–Trinajstić information content (AvgIpc) is 3.24. The topological polar surface area (TPSA) is 77.2 Å². The van der Waals surface area contributed by atoms with Gasteiger partial charge in [-0.3, -0.25) is 10.1 Å². The lowest BCUT2D eigenvalue weighted by molar-refractivity contribution is -0.385. The standard InChI is InChI=1S/C23H19N3O4/c1-29-18-10-7-15(8-11-18)20-14-21-19-13-17(26(27)28)9-12-22(19)30-23(25(21)24-20)16-5-3-2-4-6-16/h2-13,21,23H,14H2,1H3. The highest BCUT2D eigenvalue weighted by Crippen LogP contribution is 2.48. The zero-order valence-electron chi connectivity index (χ0n) is 16.3. The molecule has 7 nitrogen and oxygen atoms in total. The van der Waals surface area contributed by atoms with Crippen molar-refractivity contribution in [1.29, 1.82) is 0 Å². The van der Waals surface area contributed by atoms with Gasteiger partial charge >= 0.3 is 0 Å². The molecule has 150 valence electrons. The number of nitrogens with zero attached hydrogens (tertiary/aromatic N) is 3. The Morgan fingerprint density at radius 1 is 1.10 bits per heavy atom. The van der Waals surface area contributed by atoms with Crippen molar-refractivity contribution in [3.63, 3.8) is 0 Å². The van der Waals surface area contributed by atoms with Crippen LogP contribution in [0.15, 0.2) is 77.9 Å². The fourth-order valence-electron chi connectivity index (χ4n) is 3.98. The molecule has 0 saturated carbocycles. The van der Waals surface area contributed by atoms with Gasteiger partial charge in [-0.15, -0.1) is 0 Å². The molecular formula is C23H19N3O4. The van der Waals surface area contributed by atoms with E-state index in [9.17, 15) is 10.1 Å². The Balaban J connectivity index is 1.58. The first-order chi connectivity index (χ1) is 14.6. The van der Waals surface area contributed by atoms with Crippen molar-refractivity contribution in [2.75, 3.05) is 7.11 Å². The van der Waals surface area contributed by atoms with Crippen molar-refractivity contribution in [2.24, 2.45) is 5.10 Å². The summed E-state index contributed by atoms with van der Waals surface area (Å²) in [7, 11) is 1.63. The maximum Gasteiger partial charge on any atom is 0.270 e. The fourth-order valence-corrected chi connectivity index (χ4v) is 3.98. The first-order valence-electron chi connectivity index (χ1n) is 9.64. The average molecular weight is 401 g/mol. The normalized spacial score (nSPS) is 19.4. The summed E-state index contributed by atoms with van der Waals surface area (Å²) >= 11 is 0. The molecule has 2 aliphatic rings. The van der Waals surface area contributed by atoms with Crippen LogP contribution in [0.1, 0.15) is 35.4 Å². The van der Waals surface area contributed by atoms with Crippen molar-refractivity contribution < 1.29 is 14.4 Å². The van der Waals surface area contributed by atoms with Gasteiger partial charge < -0.3 is 9.47 Å². The number of hydrogen-bond acceptors (Lipinski definition) is 6. The Bertz CT molecular complexity index is 1130. The van der Waals surface area contributed by atoms with Gasteiger partial charge in [0.25, 0.3) is 5.69 Å². The molecule has 3 aromatic carbocycles. The van der Waals surface area contributed by atoms with Gasteiger partial charge in [0, 0.05) is 29.7 Å². The monoisotopic (exact) mass is 401 g/mol. The van der Waals surface area contributed by atoms with E-state index in [1.54, 1.807) is 19.2 Å². The van der Waals surface area contributed by atoms with E-state index in [-0.39, 0.29) is 16.7 Å². The number of hydrazone groups is 1. The third kappa shape index (κ3) is 3.04. The van der Waals surface area contributed by atoms with E-state index in [2.05, 4.69) is 0 Å². The van der Waals surface area contributed by atoms with E-state index in [4.69, 9.17) is 14.6 Å². The highest BCUT2D eigenvalue weighted by molar-refractivity contribution is 6.02. The number of nitro groups is 1. The van der Waals surface area contributed by atoms with Crippen LogP contribution in [0.4, 0.5) is 5.69 Å². The van der Waals surface area contributed by atoms with Gasteiger partial charge in [-0.1, -0.05) is 30.3 Å². The lowest BCUT2D eigenvalue weighted by Crippen LogP contribution is -2.33. The summed E-state index contributed by atoms with van der Waals surface area (Å²) in [5.41, 5.74) is 3.71. The van der Waals surface area contributed by atoms with E-state index in [1.165, 1.54) is 6.07 Å². The second-order valence-corrected chi connectivity index (χ2v) is 7.24. The molecule has 3 aromatic rings. The Morgan fingerprint density at radius 3 is 2.57 bits per heavy atom. The second kappa shape index (κ2) is 7.18. The van der Waals surface area contributed by atoms with Gasteiger partial charge in [0.05, 0.1) is 23.8 Å². The molecule has 0 radical (unpaired) electrons. The second-order valence-electron chi connectivity index (χ2n) is 7.24. The van der Waals surface area contributed by atoms with Crippen LogP contribution in [0.2, 0.25) is 0 Å². The van der Waals surface area contributed by atoms with Gasteiger partial charge in [0.15, 0.2) is 0 Å². The molecular weight excluding hydrogens is 382 g/mol. The van der Waals surface area contributed by atoms with E-state index in [1.807, 2.05) is 59.6 Å². The summed E-state index contributed by atoms with van der Waals surface area (Å²) in [5, 5.41) is 18.1.